The molecule has 1 aliphatic heterocycles. The van der Waals surface area contributed by atoms with Crippen LogP contribution in [0.25, 0.3) is 28.0 Å². The fraction of sp³-hybridized carbons (Fsp3) is 0.345. The molecule has 1 saturated heterocycles. The Morgan fingerprint density at radius 1 is 1.15 bits per heavy atom. The molecular formula is C29H32Cl2N6O3. The molecule has 9 nitrogen and oxygen atoms in total. The van der Waals surface area contributed by atoms with Crippen LogP contribution in [0, 0.1) is 0 Å². The standard InChI is InChI=1S/C29H32Cl2N6O3/c1-3-40-29(28(32)39)12-14-36(15-13-29)24-18-23(35(2)16-17-38)33-27-25(19-8-10-20(30)11-9-19)26(34-37(24)27)21-6-4-5-7-22(21)31/h4-11,18,38H,3,12-17H2,1-2H3,(H2,32,39). The largest absolute Gasteiger partial charge is 0.395 e. The number of carbonyl (C=O) groups is 1. The third-order valence-electron chi connectivity index (χ3n) is 7.41. The zero-order valence-corrected chi connectivity index (χ0v) is 24.0. The third kappa shape index (κ3) is 5.22. The Balaban J connectivity index is 1.73. The number of primary amides is 1. The third-order valence-corrected chi connectivity index (χ3v) is 7.99. The van der Waals surface area contributed by atoms with Crippen LogP contribution in [-0.2, 0) is 9.53 Å². The second-order valence-corrected chi connectivity index (χ2v) is 10.7. The normalized spacial score (nSPS) is 15.0. The van der Waals surface area contributed by atoms with Gasteiger partial charge in [-0.3, -0.25) is 4.79 Å². The first kappa shape index (κ1) is 28.2. The summed E-state index contributed by atoms with van der Waals surface area (Å²) in [6.07, 6.45) is 0.898. The Hall–Kier alpha value is -3.37. The molecule has 5 rings (SSSR count). The number of amides is 1. The van der Waals surface area contributed by atoms with Crippen molar-refractivity contribution in [3.05, 3.63) is 64.6 Å². The van der Waals surface area contributed by atoms with E-state index >= 15 is 0 Å². The highest BCUT2D eigenvalue weighted by atomic mass is 35.5. The van der Waals surface area contributed by atoms with Gasteiger partial charge in [0.1, 0.15) is 22.9 Å². The predicted molar refractivity (Wildman–Crippen MR) is 159 cm³/mol. The monoisotopic (exact) mass is 582 g/mol. The minimum atomic E-state index is -0.991. The van der Waals surface area contributed by atoms with Gasteiger partial charge in [-0.25, -0.2) is 4.98 Å². The number of anilines is 2. The minimum Gasteiger partial charge on any atom is -0.395 e. The highest BCUT2D eigenvalue weighted by molar-refractivity contribution is 6.33. The van der Waals surface area contributed by atoms with Crippen molar-refractivity contribution in [3.63, 3.8) is 0 Å². The second kappa shape index (κ2) is 11.6. The first-order valence-corrected chi connectivity index (χ1v) is 14.0. The topological polar surface area (TPSA) is 109 Å². The molecule has 0 atom stereocenters. The number of ether oxygens (including phenoxy) is 1. The number of rotatable bonds is 9. The van der Waals surface area contributed by atoms with E-state index in [4.69, 9.17) is 43.8 Å². The number of aromatic nitrogens is 3. The number of aliphatic hydroxyl groups is 1. The van der Waals surface area contributed by atoms with E-state index in [0.29, 0.717) is 66.3 Å². The summed E-state index contributed by atoms with van der Waals surface area (Å²) < 4.78 is 7.69. The first-order chi connectivity index (χ1) is 19.3. The van der Waals surface area contributed by atoms with Gasteiger partial charge in [0.05, 0.1) is 17.2 Å². The van der Waals surface area contributed by atoms with E-state index < -0.39 is 11.5 Å². The molecule has 0 radical (unpaired) electrons. The lowest BCUT2D eigenvalue weighted by Gasteiger charge is -2.40. The molecule has 40 heavy (non-hydrogen) atoms. The Morgan fingerprint density at radius 3 is 2.48 bits per heavy atom. The fourth-order valence-electron chi connectivity index (χ4n) is 5.23. The van der Waals surface area contributed by atoms with Crippen molar-refractivity contribution in [3.8, 4) is 22.4 Å². The van der Waals surface area contributed by atoms with Crippen molar-refractivity contribution in [1.82, 2.24) is 14.6 Å². The van der Waals surface area contributed by atoms with E-state index in [1.807, 2.05) is 78.0 Å². The van der Waals surface area contributed by atoms with E-state index in [1.54, 1.807) is 0 Å². The van der Waals surface area contributed by atoms with Crippen LogP contribution in [-0.4, -0.2) is 71.1 Å². The molecule has 1 fully saturated rings. The van der Waals surface area contributed by atoms with Crippen molar-refractivity contribution in [2.24, 2.45) is 5.73 Å². The van der Waals surface area contributed by atoms with Gasteiger partial charge in [0.25, 0.3) is 0 Å². The van der Waals surface area contributed by atoms with Crippen LogP contribution in [0.5, 0.6) is 0 Å². The van der Waals surface area contributed by atoms with Gasteiger partial charge >= 0.3 is 0 Å². The molecule has 3 N–H and O–H groups in total. The molecule has 210 valence electrons. The average Bonchev–Trinajstić information content (AvgIpc) is 3.33. The van der Waals surface area contributed by atoms with E-state index in [1.165, 1.54) is 0 Å². The summed E-state index contributed by atoms with van der Waals surface area (Å²) in [7, 11) is 1.88. The SMILES string of the molecule is CCOC1(C(N)=O)CCN(c2cc(N(C)CCO)nc3c(-c4ccc(Cl)cc4)c(-c4ccccc4Cl)nn23)CC1. The highest BCUT2D eigenvalue weighted by Gasteiger charge is 2.41. The molecule has 3 heterocycles. The number of likely N-dealkylation sites (N-methyl/N-ethyl adjacent to an activating group) is 1. The number of hydrogen-bond acceptors (Lipinski definition) is 7. The molecule has 2 aromatic heterocycles. The summed E-state index contributed by atoms with van der Waals surface area (Å²) in [6.45, 7) is 3.71. The number of nitrogens with two attached hydrogens (primary N) is 1. The van der Waals surface area contributed by atoms with Gasteiger partial charge in [0.15, 0.2) is 5.65 Å². The van der Waals surface area contributed by atoms with Crippen LogP contribution in [0.2, 0.25) is 10.0 Å². The van der Waals surface area contributed by atoms with Gasteiger partial charge in [0, 0.05) is 62.8 Å². The molecule has 0 spiro atoms. The zero-order valence-electron chi connectivity index (χ0n) is 22.5. The van der Waals surface area contributed by atoms with Crippen LogP contribution in [0.15, 0.2) is 54.6 Å². The van der Waals surface area contributed by atoms with Gasteiger partial charge in [-0.15, -0.1) is 0 Å². The summed E-state index contributed by atoms with van der Waals surface area (Å²) >= 11 is 12.9. The van der Waals surface area contributed by atoms with E-state index in [-0.39, 0.29) is 6.61 Å². The lowest BCUT2D eigenvalue weighted by molar-refractivity contribution is -0.146. The number of piperidine rings is 1. The van der Waals surface area contributed by atoms with E-state index in [9.17, 15) is 9.90 Å². The number of halogens is 2. The number of aliphatic hydroxyl groups excluding tert-OH is 1. The van der Waals surface area contributed by atoms with Crippen molar-refractivity contribution >= 4 is 46.4 Å². The van der Waals surface area contributed by atoms with Crippen molar-refractivity contribution in [2.45, 2.75) is 25.4 Å². The molecule has 0 saturated carbocycles. The first-order valence-electron chi connectivity index (χ1n) is 13.2. The quantitative estimate of drug-likeness (QED) is 0.295. The predicted octanol–water partition coefficient (Wildman–Crippen LogP) is 4.66. The number of fused-ring (bicyclic) bond motifs is 1. The minimum absolute atomic E-state index is 0.0218. The van der Waals surface area contributed by atoms with Gasteiger partial charge in [0.2, 0.25) is 5.91 Å². The van der Waals surface area contributed by atoms with Crippen molar-refractivity contribution in [2.75, 3.05) is 49.7 Å². The van der Waals surface area contributed by atoms with Crippen LogP contribution in [0.4, 0.5) is 11.6 Å². The van der Waals surface area contributed by atoms with Crippen LogP contribution < -0.4 is 15.5 Å². The number of carbonyl (C=O) groups excluding carboxylic acids is 1. The molecule has 2 aromatic carbocycles. The average molecular weight is 584 g/mol. The molecule has 0 unspecified atom stereocenters. The van der Waals surface area contributed by atoms with Crippen molar-refractivity contribution in [1.29, 1.82) is 0 Å². The van der Waals surface area contributed by atoms with Gasteiger partial charge in [-0.05, 0) is 30.7 Å². The van der Waals surface area contributed by atoms with Crippen molar-refractivity contribution < 1.29 is 14.6 Å². The van der Waals surface area contributed by atoms with Crippen LogP contribution in [0.3, 0.4) is 0 Å². The van der Waals surface area contributed by atoms with Gasteiger partial charge in [-0.1, -0.05) is 53.5 Å². The molecule has 4 aromatic rings. The molecule has 0 bridgehead atoms. The Labute approximate surface area is 243 Å². The Morgan fingerprint density at radius 2 is 1.85 bits per heavy atom. The summed E-state index contributed by atoms with van der Waals surface area (Å²) in [5.41, 5.74) is 8.57. The second-order valence-electron chi connectivity index (χ2n) is 9.84. The summed E-state index contributed by atoms with van der Waals surface area (Å²) in [5.74, 6) is 1.03. The zero-order chi connectivity index (χ0) is 28.4. The molecular weight excluding hydrogens is 551 g/mol. The highest BCUT2D eigenvalue weighted by Crippen LogP contribution is 2.40. The maximum atomic E-state index is 12.4. The van der Waals surface area contributed by atoms with Crippen LogP contribution >= 0.6 is 23.2 Å². The Bertz CT molecular complexity index is 1520. The molecule has 11 heteroatoms. The van der Waals surface area contributed by atoms with Gasteiger partial charge < -0.3 is 25.4 Å². The summed E-state index contributed by atoms with van der Waals surface area (Å²) in [6, 6.07) is 17.1. The number of hydrogen-bond donors (Lipinski definition) is 2. The van der Waals surface area contributed by atoms with Crippen LogP contribution in [0.1, 0.15) is 19.8 Å². The lowest BCUT2D eigenvalue weighted by Crippen LogP contribution is -2.54. The van der Waals surface area contributed by atoms with Gasteiger partial charge in [-0.2, -0.15) is 9.61 Å². The van der Waals surface area contributed by atoms with E-state index in [0.717, 1.165) is 22.5 Å². The molecule has 1 aliphatic rings. The summed E-state index contributed by atoms with van der Waals surface area (Å²) in [5, 5.41) is 15.9. The Kier molecular flexibility index (Phi) is 8.19. The molecule has 0 aliphatic carbocycles. The smallest absolute Gasteiger partial charge is 0.249 e. The maximum Gasteiger partial charge on any atom is 0.249 e. The molecule has 1 amide bonds. The number of nitrogens with zero attached hydrogens (tertiary/aromatic N) is 5. The fourth-order valence-corrected chi connectivity index (χ4v) is 5.59. The lowest BCUT2D eigenvalue weighted by atomic mass is 9.90. The number of benzene rings is 2. The maximum absolute atomic E-state index is 12.4. The van der Waals surface area contributed by atoms with E-state index in [2.05, 4.69) is 4.90 Å². The summed E-state index contributed by atoms with van der Waals surface area (Å²) in [4.78, 5) is 21.4.